The summed E-state index contributed by atoms with van der Waals surface area (Å²) in [7, 11) is 1.54. The Kier molecular flexibility index (Phi) is 5.05. The molecule has 0 atom stereocenters. The van der Waals surface area contributed by atoms with E-state index in [0.29, 0.717) is 22.9 Å². The van der Waals surface area contributed by atoms with Crippen LogP contribution in [0.1, 0.15) is 27.2 Å². The van der Waals surface area contributed by atoms with E-state index in [4.69, 9.17) is 16.3 Å². The first-order valence-electron chi connectivity index (χ1n) is 5.56. The van der Waals surface area contributed by atoms with Gasteiger partial charge >= 0.3 is 0 Å². The van der Waals surface area contributed by atoms with E-state index in [9.17, 15) is 4.79 Å². The van der Waals surface area contributed by atoms with Gasteiger partial charge in [-0.05, 0) is 17.5 Å². The number of carbonyl (C=O) groups is 1. The van der Waals surface area contributed by atoms with Crippen molar-refractivity contribution in [2.45, 2.75) is 27.2 Å². The zero-order valence-corrected chi connectivity index (χ0v) is 13.3. The molecule has 0 bridgehead atoms. The van der Waals surface area contributed by atoms with Gasteiger partial charge in [0.2, 0.25) is 5.91 Å². The summed E-state index contributed by atoms with van der Waals surface area (Å²) in [5, 5.41) is 3.24. The number of anilines is 1. The van der Waals surface area contributed by atoms with Crippen LogP contribution in [0, 0.1) is 5.41 Å². The van der Waals surface area contributed by atoms with Crippen molar-refractivity contribution in [3.05, 3.63) is 21.6 Å². The van der Waals surface area contributed by atoms with Gasteiger partial charge in [0.05, 0.1) is 12.1 Å². The summed E-state index contributed by atoms with van der Waals surface area (Å²) >= 11 is 9.43. The molecular formula is C13H17BrClNO2. The van der Waals surface area contributed by atoms with Gasteiger partial charge in [0.1, 0.15) is 11.4 Å². The third-order valence-electron chi connectivity index (χ3n) is 2.19. The molecule has 0 unspecified atom stereocenters. The van der Waals surface area contributed by atoms with Crippen LogP contribution in [-0.2, 0) is 4.79 Å². The van der Waals surface area contributed by atoms with E-state index in [-0.39, 0.29) is 11.3 Å². The number of carbonyl (C=O) groups excluding carboxylic acids is 1. The number of nitrogens with one attached hydrogen (secondary N) is 1. The molecule has 0 saturated carbocycles. The van der Waals surface area contributed by atoms with Crippen LogP contribution in [0.3, 0.4) is 0 Å². The van der Waals surface area contributed by atoms with Gasteiger partial charge in [0.25, 0.3) is 0 Å². The molecule has 1 N–H and O–H groups in total. The predicted octanol–water partition coefficient (Wildman–Crippen LogP) is 4.49. The largest absolute Gasteiger partial charge is 0.494 e. The molecule has 0 aliphatic rings. The molecule has 1 amide bonds. The Labute approximate surface area is 121 Å². The van der Waals surface area contributed by atoms with Crippen LogP contribution in [-0.4, -0.2) is 13.0 Å². The molecule has 1 rings (SSSR count). The minimum Gasteiger partial charge on any atom is -0.494 e. The van der Waals surface area contributed by atoms with E-state index < -0.39 is 0 Å². The number of hydrogen-bond donors (Lipinski definition) is 1. The summed E-state index contributed by atoms with van der Waals surface area (Å²) in [5.74, 6) is 0.460. The van der Waals surface area contributed by atoms with Crippen LogP contribution in [0.4, 0.5) is 5.69 Å². The first-order valence-corrected chi connectivity index (χ1v) is 6.73. The standard InChI is InChI=1S/C13H17BrClNO2/c1-13(2,3)7-11(17)16-12-9(15)5-8(14)6-10(12)18-4/h5-6H,7H2,1-4H3,(H,16,17). The normalized spacial score (nSPS) is 11.2. The number of amides is 1. The summed E-state index contributed by atoms with van der Waals surface area (Å²) in [5.41, 5.74) is 0.440. The number of halogens is 2. The van der Waals surface area contributed by atoms with Crippen LogP contribution < -0.4 is 10.1 Å². The Balaban J connectivity index is 2.94. The molecule has 18 heavy (non-hydrogen) atoms. The monoisotopic (exact) mass is 333 g/mol. The first-order chi connectivity index (χ1) is 8.23. The van der Waals surface area contributed by atoms with E-state index >= 15 is 0 Å². The maximum Gasteiger partial charge on any atom is 0.225 e. The van der Waals surface area contributed by atoms with E-state index in [1.54, 1.807) is 12.1 Å². The SMILES string of the molecule is COc1cc(Br)cc(Cl)c1NC(=O)CC(C)(C)C. The van der Waals surface area contributed by atoms with Crippen molar-refractivity contribution in [3.63, 3.8) is 0 Å². The van der Waals surface area contributed by atoms with Gasteiger partial charge < -0.3 is 10.1 Å². The lowest BCUT2D eigenvalue weighted by Crippen LogP contribution is -2.20. The summed E-state index contributed by atoms with van der Waals surface area (Å²) in [6, 6.07) is 3.48. The van der Waals surface area contributed by atoms with Crippen molar-refractivity contribution in [1.82, 2.24) is 0 Å². The van der Waals surface area contributed by atoms with Crippen LogP contribution >= 0.6 is 27.5 Å². The molecule has 100 valence electrons. The van der Waals surface area contributed by atoms with Crippen LogP contribution in [0.5, 0.6) is 5.75 Å². The molecule has 0 fully saturated rings. The zero-order chi connectivity index (χ0) is 13.9. The number of ether oxygens (including phenoxy) is 1. The van der Waals surface area contributed by atoms with Gasteiger partial charge in [0.15, 0.2) is 0 Å². The van der Waals surface area contributed by atoms with Crippen molar-refractivity contribution in [3.8, 4) is 5.75 Å². The second-order valence-electron chi connectivity index (χ2n) is 5.25. The molecule has 1 aromatic carbocycles. The molecule has 0 aliphatic heterocycles. The van der Waals surface area contributed by atoms with Crippen molar-refractivity contribution < 1.29 is 9.53 Å². The predicted molar refractivity (Wildman–Crippen MR) is 78.4 cm³/mol. The first kappa shape index (κ1) is 15.3. The lowest BCUT2D eigenvalue weighted by Gasteiger charge is -2.18. The summed E-state index contributed by atoms with van der Waals surface area (Å²) in [6.07, 6.45) is 0.419. The molecule has 1 aromatic rings. The van der Waals surface area contributed by atoms with Gasteiger partial charge in [-0.1, -0.05) is 48.3 Å². The number of benzene rings is 1. The minimum atomic E-state index is -0.0787. The second kappa shape index (κ2) is 5.93. The number of rotatable bonds is 3. The van der Waals surface area contributed by atoms with E-state index in [2.05, 4.69) is 21.2 Å². The lowest BCUT2D eigenvalue weighted by molar-refractivity contribution is -0.117. The summed E-state index contributed by atoms with van der Waals surface area (Å²) in [6.45, 7) is 6.02. The highest BCUT2D eigenvalue weighted by Crippen LogP contribution is 2.36. The molecule has 0 saturated heterocycles. The van der Waals surface area contributed by atoms with Crippen LogP contribution in [0.2, 0.25) is 5.02 Å². The Hall–Kier alpha value is -0.740. The molecule has 5 heteroatoms. The Morgan fingerprint density at radius 1 is 1.44 bits per heavy atom. The number of methoxy groups -OCH3 is 1. The van der Waals surface area contributed by atoms with Crippen molar-refractivity contribution in [1.29, 1.82) is 0 Å². The molecule has 0 aliphatic carbocycles. The molecule has 0 aromatic heterocycles. The fraction of sp³-hybridized carbons (Fsp3) is 0.462. The van der Waals surface area contributed by atoms with E-state index in [1.165, 1.54) is 7.11 Å². The van der Waals surface area contributed by atoms with Gasteiger partial charge in [-0.15, -0.1) is 0 Å². The minimum absolute atomic E-state index is 0.0703. The third-order valence-corrected chi connectivity index (χ3v) is 2.95. The third kappa shape index (κ3) is 4.50. The highest BCUT2D eigenvalue weighted by molar-refractivity contribution is 9.10. The summed E-state index contributed by atoms with van der Waals surface area (Å²) in [4.78, 5) is 11.9. The van der Waals surface area contributed by atoms with Gasteiger partial charge in [-0.3, -0.25) is 4.79 Å². The highest BCUT2D eigenvalue weighted by Gasteiger charge is 2.18. The Bertz CT molecular complexity index is 455. The Morgan fingerprint density at radius 3 is 2.56 bits per heavy atom. The fourth-order valence-electron chi connectivity index (χ4n) is 1.50. The Morgan fingerprint density at radius 2 is 2.06 bits per heavy atom. The van der Waals surface area contributed by atoms with Crippen molar-refractivity contribution in [2.24, 2.45) is 5.41 Å². The fourth-order valence-corrected chi connectivity index (χ4v) is 2.32. The maximum atomic E-state index is 11.9. The number of hydrogen-bond acceptors (Lipinski definition) is 2. The van der Waals surface area contributed by atoms with E-state index in [0.717, 1.165) is 4.47 Å². The average molecular weight is 335 g/mol. The highest BCUT2D eigenvalue weighted by atomic mass is 79.9. The average Bonchev–Trinajstić information content (AvgIpc) is 2.18. The smallest absolute Gasteiger partial charge is 0.225 e. The van der Waals surface area contributed by atoms with Crippen LogP contribution in [0.15, 0.2) is 16.6 Å². The van der Waals surface area contributed by atoms with Crippen molar-refractivity contribution in [2.75, 3.05) is 12.4 Å². The van der Waals surface area contributed by atoms with Gasteiger partial charge in [-0.2, -0.15) is 0 Å². The van der Waals surface area contributed by atoms with Gasteiger partial charge in [0, 0.05) is 10.9 Å². The topological polar surface area (TPSA) is 38.3 Å². The molecule has 0 radical (unpaired) electrons. The van der Waals surface area contributed by atoms with E-state index in [1.807, 2.05) is 20.8 Å². The van der Waals surface area contributed by atoms with Gasteiger partial charge in [-0.25, -0.2) is 0 Å². The lowest BCUT2D eigenvalue weighted by atomic mass is 9.92. The molecule has 0 spiro atoms. The molecule has 3 nitrogen and oxygen atoms in total. The molecule has 0 heterocycles. The van der Waals surface area contributed by atoms with Crippen LogP contribution in [0.25, 0.3) is 0 Å². The summed E-state index contributed by atoms with van der Waals surface area (Å²) < 4.78 is 6.01. The van der Waals surface area contributed by atoms with Crippen molar-refractivity contribution >= 4 is 39.1 Å². The molecular weight excluding hydrogens is 318 g/mol. The quantitative estimate of drug-likeness (QED) is 0.884. The maximum absolute atomic E-state index is 11.9. The zero-order valence-electron chi connectivity index (χ0n) is 10.9. The second-order valence-corrected chi connectivity index (χ2v) is 6.57.